The van der Waals surface area contributed by atoms with E-state index in [1.807, 2.05) is 106 Å². The number of hydrogen-bond donors (Lipinski definition) is 4. The summed E-state index contributed by atoms with van der Waals surface area (Å²) in [6.45, 7) is 19.0. The molecule has 0 aliphatic rings. The van der Waals surface area contributed by atoms with Crippen LogP contribution in [0.5, 0.6) is 0 Å². The second kappa shape index (κ2) is 13.6. The van der Waals surface area contributed by atoms with Crippen molar-refractivity contribution in [2.75, 3.05) is 0 Å². The van der Waals surface area contributed by atoms with Crippen molar-refractivity contribution in [3.63, 3.8) is 0 Å². The number of aromatic nitrogens is 4. The summed E-state index contributed by atoms with van der Waals surface area (Å²) < 4.78 is 10.9. The lowest BCUT2D eigenvalue weighted by molar-refractivity contribution is 0.0476. The van der Waals surface area contributed by atoms with Gasteiger partial charge in [-0.2, -0.15) is 0 Å². The predicted octanol–water partition coefficient (Wildman–Crippen LogP) is 7.29. The van der Waals surface area contributed by atoms with Crippen molar-refractivity contribution < 1.29 is 19.1 Å². The van der Waals surface area contributed by atoms with Gasteiger partial charge in [-0.15, -0.1) is 0 Å². The number of imidazole rings is 2. The first-order valence-corrected chi connectivity index (χ1v) is 15.5. The van der Waals surface area contributed by atoms with Gasteiger partial charge in [0.25, 0.3) is 0 Å². The largest absolute Gasteiger partial charge is 0.444 e. The molecule has 0 bridgehead atoms. The molecule has 4 rings (SSSR count). The molecule has 0 aliphatic carbocycles. The summed E-state index contributed by atoms with van der Waals surface area (Å²) in [6.07, 6.45) is -0.974. The van der Waals surface area contributed by atoms with E-state index in [0.717, 1.165) is 33.2 Å². The van der Waals surface area contributed by atoms with Crippen LogP contribution < -0.4 is 10.6 Å². The number of H-pyrrole nitrogens is 2. The number of carbonyl (C=O) groups is 2. The Labute approximate surface area is 270 Å². The number of hydrogen-bond acceptors (Lipinski definition) is 6. The highest BCUT2D eigenvalue weighted by atomic mass is 16.6. The number of alkyl carbamates (subject to hydrolysis) is 2. The number of rotatable bonds is 6. The number of carbonyl (C=O) groups excluding carboxylic acids is 2. The van der Waals surface area contributed by atoms with E-state index in [1.165, 1.54) is 0 Å². The third-order valence-electron chi connectivity index (χ3n) is 6.74. The lowest BCUT2D eigenvalue weighted by Crippen LogP contribution is -2.37. The zero-order chi connectivity index (χ0) is 33.8. The Balaban J connectivity index is 1.48. The molecular weight excluding hydrogens is 580 g/mol. The van der Waals surface area contributed by atoms with E-state index in [9.17, 15) is 9.59 Å². The van der Waals surface area contributed by atoms with Gasteiger partial charge in [0.15, 0.2) is 0 Å². The maximum absolute atomic E-state index is 12.4. The quantitative estimate of drug-likeness (QED) is 0.167. The SMILES string of the molecule is CC(C)[C@H](NC(=O)OC(C)(C)C)c1nc2ccc(C#CC#Cc3ccc4nc([C@@H](NC(=O)OC(C)(C)C)C(C)C)[nH]c4c3)cc2[nH]1. The number of nitrogens with one attached hydrogen (secondary N) is 4. The van der Waals surface area contributed by atoms with Crippen molar-refractivity contribution in [1.82, 2.24) is 30.6 Å². The molecule has 2 atom stereocenters. The fraction of sp³-hybridized carbons (Fsp3) is 0.444. The minimum Gasteiger partial charge on any atom is -0.444 e. The first kappa shape index (κ1) is 33.9. The van der Waals surface area contributed by atoms with Gasteiger partial charge >= 0.3 is 12.2 Å². The monoisotopic (exact) mass is 624 g/mol. The highest BCUT2D eigenvalue weighted by molar-refractivity contribution is 5.78. The Morgan fingerprint density at radius 1 is 0.674 bits per heavy atom. The fourth-order valence-corrected chi connectivity index (χ4v) is 4.69. The summed E-state index contributed by atoms with van der Waals surface area (Å²) in [5.41, 5.74) is 3.55. The minimum atomic E-state index is -0.593. The van der Waals surface area contributed by atoms with Crippen LogP contribution in [0.15, 0.2) is 36.4 Å². The molecule has 2 aromatic carbocycles. The molecule has 0 saturated carbocycles. The maximum Gasteiger partial charge on any atom is 0.408 e. The number of benzene rings is 2. The molecule has 4 aromatic rings. The molecule has 2 amide bonds. The first-order chi connectivity index (χ1) is 21.5. The molecule has 10 heteroatoms. The zero-order valence-electron chi connectivity index (χ0n) is 28.3. The smallest absolute Gasteiger partial charge is 0.408 e. The van der Waals surface area contributed by atoms with Gasteiger partial charge < -0.3 is 30.1 Å². The lowest BCUT2D eigenvalue weighted by Gasteiger charge is -2.24. The molecular formula is C36H44N6O4. The van der Waals surface area contributed by atoms with Gasteiger partial charge in [-0.25, -0.2) is 19.6 Å². The van der Waals surface area contributed by atoms with Crippen molar-refractivity contribution in [2.24, 2.45) is 11.8 Å². The molecule has 46 heavy (non-hydrogen) atoms. The summed E-state index contributed by atoms with van der Waals surface area (Å²) in [5, 5.41) is 5.86. The van der Waals surface area contributed by atoms with Crippen LogP contribution in [0.1, 0.15) is 104 Å². The van der Waals surface area contributed by atoms with Crippen molar-refractivity contribution in [1.29, 1.82) is 0 Å². The Bertz CT molecular complexity index is 1710. The second-order valence-electron chi connectivity index (χ2n) is 13.9. The standard InChI is InChI=1S/C36H44N6O4/c1-21(2)29(41-33(43)45-35(5,6)7)31-37-25-17-15-23(19-27(25)39-31)13-11-12-14-24-16-18-26-28(20-24)40-32(38-26)30(22(3)4)42-34(44)46-36(8,9)10/h15-22,29-30H,1-10H3,(H,37,39)(H,38,40)(H,41,43)(H,42,44)/t29-,30-/m0/s1. The number of nitrogens with zero attached hydrogens (tertiary/aromatic N) is 2. The van der Waals surface area contributed by atoms with Gasteiger partial charge in [-0.3, -0.25) is 0 Å². The molecule has 10 nitrogen and oxygen atoms in total. The maximum atomic E-state index is 12.4. The van der Waals surface area contributed by atoms with E-state index < -0.39 is 23.4 Å². The average Bonchev–Trinajstić information content (AvgIpc) is 3.54. The zero-order valence-corrected chi connectivity index (χ0v) is 28.3. The van der Waals surface area contributed by atoms with Crippen LogP contribution in [0.4, 0.5) is 9.59 Å². The van der Waals surface area contributed by atoms with Gasteiger partial charge in [-0.05, 0) is 102 Å². The molecule has 2 heterocycles. The van der Waals surface area contributed by atoms with E-state index in [0.29, 0.717) is 11.6 Å². The van der Waals surface area contributed by atoms with Gasteiger partial charge in [0.05, 0.1) is 34.2 Å². The normalized spacial score (nSPS) is 13.0. The van der Waals surface area contributed by atoms with Crippen molar-refractivity contribution >= 4 is 34.3 Å². The second-order valence-corrected chi connectivity index (χ2v) is 13.9. The van der Waals surface area contributed by atoms with Crippen molar-refractivity contribution in [2.45, 2.75) is 92.5 Å². The van der Waals surface area contributed by atoms with Crippen LogP contribution in [0.25, 0.3) is 22.1 Å². The highest BCUT2D eigenvalue weighted by Crippen LogP contribution is 2.25. The summed E-state index contributed by atoms with van der Waals surface area (Å²) in [5.74, 6) is 13.5. The van der Waals surface area contributed by atoms with Gasteiger partial charge in [0.1, 0.15) is 22.9 Å². The van der Waals surface area contributed by atoms with Gasteiger partial charge in [0, 0.05) is 11.1 Å². The van der Waals surface area contributed by atoms with E-state index in [2.05, 4.69) is 44.3 Å². The molecule has 0 unspecified atom stereocenters. The molecule has 0 radical (unpaired) electrons. The van der Waals surface area contributed by atoms with Crippen LogP contribution >= 0.6 is 0 Å². The molecule has 2 aromatic heterocycles. The summed E-state index contributed by atoms with van der Waals surface area (Å²) in [7, 11) is 0. The molecule has 242 valence electrons. The van der Waals surface area contributed by atoms with Crippen LogP contribution in [0, 0.1) is 35.5 Å². The average molecular weight is 625 g/mol. The first-order valence-electron chi connectivity index (χ1n) is 15.5. The van der Waals surface area contributed by atoms with Crippen molar-refractivity contribution in [3.05, 3.63) is 59.2 Å². The van der Waals surface area contributed by atoms with Crippen LogP contribution in [0.3, 0.4) is 0 Å². The topological polar surface area (TPSA) is 134 Å². The number of aromatic amines is 2. The Morgan fingerprint density at radius 2 is 1.04 bits per heavy atom. The van der Waals surface area contributed by atoms with Gasteiger partial charge in [-0.1, -0.05) is 39.5 Å². The third-order valence-corrected chi connectivity index (χ3v) is 6.74. The number of amides is 2. The van der Waals surface area contributed by atoms with Crippen LogP contribution in [-0.2, 0) is 9.47 Å². The minimum absolute atomic E-state index is 0.0840. The third kappa shape index (κ3) is 9.28. The Hall–Kier alpha value is -4.96. The number of fused-ring (bicyclic) bond motifs is 2. The fourth-order valence-electron chi connectivity index (χ4n) is 4.69. The predicted molar refractivity (Wildman–Crippen MR) is 180 cm³/mol. The molecule has 0 saturated heterocycles. The molecule has 0 fully saturated rings. The summed E-state index contributed by atoms with van der Waals surface area (Å²) >= 11 is 0. The van der Waals surface area contributed by atoms with E-state index in [4.69, 9.17) is 19.4 Å². The Kier molecular flexibility index (Phi) is 10.0. The molecule has 0 spiro atoms. The van der Waals surface area contributed by atoms with Crippen LogP contribution in [0.2, 0.25) is 0 Å². The van der Waals surface area contributed by atoms with Crippen LogP contribution in [-0.4, -0.2) is 43.3 Å². The molecule has 0 aliphatic heterocycles. The summed E-state index contributed by atoms with van der Waals surface area (Å²) in [6, 6.07) is 10.7. The molecule has 4 N–H and O–H groups in total. The highest BCUT2D eigenvalue weighted by Gasteiger charge is 2.26. The summed E-state index contributed by atoms with van der Waals surface area (Å²) in [4.78, 5) is 40.9. The van der Waals surface area contributed by atoms with Gasteiger partial charge in [0.2, 0.25) is 0 Å². The van der Waals surface area contributed by atoms with E-state index in [-0.39, 0.29) is 23.9 Å². The lowest BCUT2D eigenvalue weighted by atomic mass is 10.0. The van der Waals surface area contributed by atoms with E-state index in [1.54, 1.807) is 0 Å². The number of ether oxygens (including phenoxy) is 2. The Morgan fingerprint density at radius 3 is 1.37 bits per heavy atom. The van der Waals surface area contributed by atoms with Crippen molar-refractivity contribution in [3.8, 4) is 23.7 Å². The van der Waals surface area contributed by atoms with E-state index >= 15 is 0 Å².